The molecule has 1 aromatic carbocycles. The van der Waals surface area contributed by atoms with Crippen molar-refractivity contribution < 1.29 is 19.1 Å². The van der Waals surface area contributed by atoms with E-state index in [1.165, 1.54) is 18.9 Å². The summed E-state index contributed by atoms with van der Waals surface area (Å²) in [6.45, 7) is 0.173. The Kier molecular flexibility index (Phi) is 7.80. The predicted octanol–water partition coefficient (Wildman–Crippen LogP) is 4.46. The monoisotopic (exact) mass is 472 g/mol. The summed E-state index contributed by atoms with van der Waals surface area (Å²) in [6, 6.07) is 10.7. The number of allylic oxidation sites excluding steroid dienone is 1. The number of pyridine rings is 1. The Morgan fingerprint density at radius 3 is 2.78 bits per heavy atom. The average molecular weight is 473 g/mol. The largest absolute Gasteiger partial charge is 0.487 e. The van der Waals surface area contributed by atoms with Gasteiger partial charge in [0.15, 0.2) is 0 Å². The first-order valence-corrected chi connectivity index (χ1v) is 11.0. The second kappa shape index (κ2) is 10.7. The summed E-state index contributed by atoms with van der Waals surface area (Å²) < 4.78 is 12.3. The number of thioether (sulfide) groups is 1. The third-order valence-electron chi connectivity index (χ3n) is 4.37. The van der Waals surface area contributed by atoms with Crippen LogP contribution >= 0.6 is 23.4 Å². The molecule has 0 aliphatic rings. The predicted molar refractivity (Wildman–Crippen MR) is 126 cm³/mol. The Morgan fingerprint density at radius 1 is 1.31 bits per heavy atom. The number of imidazole rings is 1. The van der Waals surface area contributed by atoms with Crippen LogP contribution in [0.2, 0.25) is 5.02 Å². The fourth-order valence-corrected chi connectivity index (χ4v) is 3.53. The van der Waals surface area contributed by atoms with Gasteiger partial charge in [-0.3, -0.25) is 10.1 Å². The number of aromatic nitrogens is 2. The Labute approximate surface area is 194 Å². The molecule has 0 aliphatic carbocycles. The normalized spacial score (nSPS) is 12.0. The minimum absolute atomic E-state index is 0.173. The van der Waals surface area contributed by atoms with Crippen molar-refractivity contribution in [2.24, 2.45) is 5.73 Å². The van der Waals surface area contributed by atoms with Crippen molar-refractivity contribution in [1.82, 2.24) is 9.38 Å². The first-order chi connectivity index (χ1) is 15.4. The number of benzene rings is 1. The number of nitrogens with one attached hydrogen (secondary N) is 1. The first-order valence-electron chi connectivity index (χ1n) is 9.37. The summed E-state index contributed by atoms with van der Waals surface area (Å²) in [6.07, 6.45) is 8.01. The molecule has 10 heteroatoms. The van der Waals surface area contributed by atoms with Crippen molar-refractivity contribution in [2.75, 3.05) is 18.7 Å². The minimum atomic E-state index is -0.590. The summed E-state index contributed by atoms with van der Waals surface area (Å²) in [7, 11) is 1.29. The number of hydrogen-bond donors (Lipinski definition) is 2. The molecule has 0 fully saturated rings. The van der Waals surface area contributed by atoms with Crippen molar-refractivity contribution in [3.8, 4) is 0 Å². The molecule has 3 N–H and O–H groups in total. The van der Waals surface area contributed by atoms with Gasteiger partial charge in [-0.25, -0.2) is 9.78 Å². The smallest absolute Gasteiger partial charge is 0.411 e. The maximum atomic E-state index is 11.9. The molecule has 32 heavy (non-hydrogen) atoms. The topological polar surface area (TPSA) is 108 Å². The van der Waals surface area contributed by atoms with E-state index in [1.54, 1.807) is 49.0 Å². The quantitative estimate of drug-likeness (QED) is 0.285. The molecule has 2 aromatic heterocycles. The van der Waals surface area contributed by atoms with Gasteiger partial charge >= 0.3 is 6.09 Å². The third-order valence-corrected chi connectivity index (χ3v) is 5.55. The Hall–Kier alpha value is -3.43. The Morgan fingerprint density at radius 2 is 2.09 bits per heavy atom. The van der Waals surface area contributed by atoms with E-state index in [1.807, 2.05) is 22.6 Å². The van der Waals surface area contributed by atoms with Crippen molar-refractivity contribution >= 4 is 52.8 Å². The molecular formula is C22H21ClN4O4S. The summed E-state index contributed by atoms with van der Waals surface area (Å²) in [5, 5.41) is 3.16. The Balaban J connectivity index is 1.88. The summed E-state index contributed by atoms with van der Waals surface area (Å²) in [4.78, 5) is 27.9. The second-order valence-corrected chi connectivity index (χ2v) is 7.64. The average Bonchev–Trinajstić information content (AvgIpc) is 3.18. The van der Waals surface area contributed by atoms with Crippen LogP contribution in [0.3, 0.4) is 0 Å². The van der Waals surface area contributed by atoms with Gasteiger partial charge in [0, 0.05) is 28.5 Å². The van der Waals surface area contributed by atoms with Crippen LogP contribution in [-0.4, -0.2) is 34.8 Å². The highest BCUT2D eigenvalue weighted by atomic mass is 35.5. The molecule has 3 aromatic rings. The molecule has 0 saturated heterocycles. The molecule has 0 unspecified atom stereocenters. The molecule has 3 rings (SSSR count). The van der Waals surface area contributed by atoms with Crippen LogP contribution < -0.4 is 11.1 Å². The van der Waals surface area contributed by atoms with Crippen molar-refractivity contribution in [2.45, 2.75) is 6.61 Å². The zero-order valence-electron chi connectivity index (χ0n) is 17.4. The number of anilines is 1. The van der Waals surface area contributed by atoms with E-state index in [9.17, 15) is 9.59 Å². The summed E-state index contributed by atoms with van der Waals surface area (Å²) >= 11 is 7.40. The van der Waals surface area contributed by atoms with Gasteiger partial charge in [0.1, 0.15) is 22.9 Å². The number of carbonyl (C=O) groups is 2. The molecule has 8 nitrogen and oxygen atoms in total. The Bertz CT molecular complexity index is 1210. The lowest BCUT2D eigenvalue weighted by atomic mass is 10.2. The molecule has 0 radical (unpaired) electrons. The molecule has 0 bridgehead atoms. The highest BCUT2D eigenvalue weighted by Crippen LogP contribution is 2.24. The second-order valence-electron chi connectivity index (χ2n) is 6.42. The van der Waals surface area contributed by atoms with Crippen LogP contribution in [0.5, 0.6) is 0 Å². The van der Waals surface area contributed by atoms with Crippen molar-refractivity contribution in [3.05, 3.63) is 81.8 Å². The number of methoxy groups -OCH3 is 1. The van der Waals surface area contributed by atoms with Crippen molar-refractivity contribution in [1.29, 1.82) is 0 Å². The zero-order chi connectivity index (χ0) is 23.1. The number of amides is 2. The van der Waals surface area contributed by atoms with E-state index in [0.717, 1.165) is 11.3 Å². The number of primary amides is 1. The van der Waals surface area contributed by atoms with E-state index in [0.29, 0.717) is 22.1 Å². The van der Waals surface area contributed by atoms with Crippen molar-refractivity contribution in [3.63, 3.8) is 0 Å². The maximum Gasteiger partial charge on any atom is 0.411 e. The van der Waals surface area contributed by atoms with Gasteiger partial charge in [-0.1, -0.05) is 29.8 Å². The standard InChI is InChI=1S/C22H21ClN4O4S/c1-30-22(29)26-15-9-10-27-16(12-25-19(27)11-15)7-8-18(20(32-2)21(24)28)31-13-14-5-3-4-6-17(14)23/h3-12H,13H2,1-2H3,(H2,24,28)(H,26,29)/b8-7+,20-18+. The first kappa shape index (κ1) is 23.2. The molecule has 0 spiro atoms. The van der Waals surface area contributed by atoms with Crippen LogP contribution in [0, 0.1) is 0 Å². The van der Waals surface area contributed by atoms with Gasteiger partial charge < -0.3 is 19.6 Å². The highest BCUT2D eigenvalue weighted by molar-refractivity contribution is 8.03. The van der Waals surface area contributed by atoms with Crippen LogP contribution in [-0.2, 0) is 20.9 Å². The number of nitrogens with two attached hydrogens (primary N) is 1. The van der Waals surface area contributed by atoms with Gasteiger partial charge in [-0.15, -0.1) is 11.8 Å². The lowest BCUT2D eigenvalue weighted by Crippen LogP contribution is -2.14. The molecule has 0 atom stereocenters. The maximum absolute atomic E-state index is 11.9. The molecule has 166 valence electrons. The number of halogens is 1. The molecular weight excluding hydrogens is 452 g/mol. The number of hydrogen-bond acceptors (Lipinski definition) is 6. The lowest BCUT2D eigenvalue weighted by molar-refractivity contribution is -0.114. The van der Waals surface area contributed by atoms with Gasteiger partial charge in [-0.2, -0.15) is 0 Å². The number of carbonyl (C=O) groups excluding carboxylic acids is 2. The molecule has 2 amide bonds. The van der Waals surface area contributed by atoms with Crippen LogP contribution in [0.1, 0.15) is 11.3 Å². The number of nitrogens with zero attached hydrogens (tertiary/aromatic N) is 2. The van der Waals surface area contributed by atoms with E-state index in [-0.39, 0.29) is 11.5 Å². The minimum Gasteiger partial charge on any atom is -0.487 e. The van der Waals surface area contributed by atoms with Gasteiger partial charge in [-0.05, 0) is 30.5 Å². The molecule has 0 aliphatic heterocycles. The fourth-order valence-electron chi connectivity index (χ4n) is 2.81. The molecule has 2 heterocycles. The van der Waals surface area contributed by atoms with Gasteiger partial charge in [0.05, 0.1) is 19.0 Å². The van der Waals surface area contributed by atoms with Crippen LogP contribution in [0.25, 0.3) is 11.7 Å². The zero-order valence-corrected chi connectivity index (χ0v) is 18.9. The summed E-state index contributed by atoms with van der Waals surface area (Å²) in [5.74, 6) is -0.267. The van der Waals surface area contributed by atoms with Gasteiger partial charge in [0.25, 0.3) is 5.91 Å². The number of fused-ring (bicyclic) bond motifs is 1. The highest BCUT2D eigenvalue weighted by Gasteiger charge is 2.13. The van der Waals surface area contributed by atoms with Crippen LogP contribution in [0.4, 0.5) is 10.5 Å². The van der Waals surface area contributed by atoms with E-state index >= 15 is 0 Å². The third kappa shape index (κ3) is 5.63. The SMILES string of the molecule is COC(=O)Nc1ccn2c(/C=C/C(OCc3ccccc3Cl)=C(\SC)C(N)=O)cnc2c1. The molecule has 0 saturated carbocycles. The van der Waals surface area contributed by atoms with E-state index < -0.39 is 12.0 Å². The van der Waals surface area contributed by atoms with E-state index in [4.69, 9.17) is 22.1 Å². The fraction of sp³-hybridized carbons (Fsp3) is 0.136. The number of ether oxygens (including phenoxy) is 2. The lowest BCUT2D eigenvalue weighted by Gasteiger charge is -2.11. The van der Waals surface area contributed by atoms with Crippen LogP contribution in [0.15, 0.2) is 65.5 Å². The summed E-state index contributed by atoms with van der Waals surface area (Å²) in [5.41, 5.74) is 8.21. The van der Waals surface area contributed by atoms with Gasteiger partial charge in [0.2, 0.25) is 0 Å². The number of rotatable bonds is 8. The van der Waals surface area contributed by atoms with E-state index in [2.05, 4.69) is 15.0 Å².